The zero-order valence-electron chi connectivity index (χ0n) is 15.1. The van der Waals surface area contributed by atoms with Crippen LogP contribution >= 0.6 is 0 Å². The van der Waals surface area contributed by atoms with E-state index in [1.165, 1.54) is 5.56 Å². The number of methoxy groups -OCH3 is 1. The normalized spacial score (nSPS) is 17.1. The first-order valence-corrected chi connectivity index (χ1v) is 8.63. The average molecular weight is 339 g/mol. The topological polar surface area (TPSA) is 45.7 Å². The van der Waals surface area contributed by atoms with Crippen molar-refractivity contribution in [1.82, 2.24) is 14.8 Å². The fourth-order valence-corrected chi connectivity index (χ4v) is 3.33. The van der Waals surface area contributed by atoms with E-state index in [1.807, 2.05) is 43.4 Å². The Morgan fingerprint density at radius 3 is 2.84 bits per heavy atom. The summed E-state index contributed by atoms with van der Waals surface area (Å²) in [6.07, 6.45) is 3.87. The number of ether oxygens (including phenoxy) is 1. The summed E-state index contributed by atoms with van der Waals surface area (Å²) in [5.74, 6) is 0.744. The third kappa shape index (κ3) is 3.99. The molecule has 1 aliphatic heterocycles. The fourth-order valence-electron chi connectivity index (χ4n) is 3.33. The first-order chi connectivity index (χ1) is 12.1. The molecule has 3 rings (SSSR count). The van der Waals surface area contributed by atoms with E-state index < -0.39 is 0 Å². The van der Waals surface area contributed by atoms with Gasteiger partial charge >= 0.3 is 0 Å². The number of hydrogen-bond acceptors (Lipinski definition) is 4. The zero-order valence-corrected chi connectivity index (χ0v) is 15.1. The summed E-state index contributed by atoms with van der Waals surface area (Å²) in [6, 6.07) is 11.6. The first-order valence-electron chi connectivity index (χ1n) is 8.63. The van der Waals surface area contributed by atoms with Crippen LogP contribution in [0, 0.1) is 0 Å². The van der Waals surface area contributed by atoms with Crippen LogP contribution in [0.25, 0.3) is 0 Å². The molecule has 5 heteroatoms. The molecule has 25 heavy (non-hydrogen) atoms. The summed E-state index contributed by atoms with van der Waals surface area (Å²) in [6.45, 7) is 1.63. The number of carbonyl (C=O) groups excluding carboxylic acids is 1. The SMILES string of the molecule is COc1cccc(C(=O)N2CCC[C@@H]2c2ccc(CN(C)C)cn2)c1. The van der Waals surface area contributed by atoms with Crippen molar-refractivity contribution in [3.63, 3.8) is 0 Å². The van der Waals surface area contributed by atoms with E-state index in [4.69, 9.17) is 4.74 Å². The number of aromatic nitrogens is 1. The van der Waals surface area contributed by atoms with E-state index in [2.05, 4.69) is 22.0 Å². The molecule has 1 fully saturated rings. The van der Waals surface area contributed by atoms with Crippen molar-refractivity contribution in [2.24, 2.45) is 0 Å². The van der Waals surface area contributed by atoms with Crippen molar-refractivity contribution in [1.29, 1.82) is 0 Å². The van der Waals surface area contributed by atoms with Gasteiger partial charge in [0.1, 0.15) is 5.75 Å². The smallest absolute Gasteiger partial charge is 0.254 e. The van der Waals surface area contributed by atoms with E-state index >= 15 is 0 Å². The fraction of sp³-hybridized carbons (Fsp3) is 0.400. The van der Waals surface area contributed by atoms with E-state index in [9.17, 15) is 4.79 Å². The van der Waals surface area contributed by atoms with Gasteiger partial charge in [-0.25, -0.2) is 0 Å². The highest BCUT2D eigenvalue weighted by atomic mass is 16.5. The third-order valence-electron chi connectivity index (χ3n) is 4.52. The highest BCUT2D eigenvalue weighted by Gasteiger charge is 2.31. The van der Waals surface area contributed by atoms with E-state index in [0.29, 0.717) is 11.3 Å². The van der Waals surface area contributed by atoms with Crippen LogP contribution in [0.1, 0.15) is 40.5 Å². The Morgan fingerprint density at radius 2 is 2.16 bits per heavy atom. The molecule has 1 amide bonds. The third-order valence-corrected chi connectivity index (χ3v) is 4.52. The number of carbonyl (C=O) groups is 1. The van der Waals surface area contributed by atoms with Crippen molar-refractivity contribution in [3.05, 3.63) is 59.4 Å². The molecular formula is C20H25N3O2. The molecule has 0 unspecified atom stereocenters. The van der Waals surface area contributed by atoms with Gasteiger partial charge in [0.15, 0.2) is 0 Å². The van der Waals surface area contributed by atoms with Crippen LogP contribution in [0.15, 0.2) is 42.6 Å². The molecule has 0 N–H and O–H groups in total. The summed E-state index contributed by atoms with van der Waals surface area (Å²) in [5, 5.41) is 0. The standard InChI is InChI=1S/C20H25N3O2/c1-22(2)14-15-9-10-18(21-13-15)19-8-5-11-23(19)20(24)16-6-4-7-17(12-16)25-3/h4,6-7,9-10,12-13,19H,5,8,11,14H2,1-3H3/t19-/m1/s1. The lowest BCUT2D eigenvalue weighted by molar-refractivity contribution is 0.0732. The minimum absolute atomic E-state index is 0.0422. The molecule has 1 saturated heterocycles. The molecule has 5 nitrogen and oxygen atoms in total. The number of rotatable bonds is 5. The highest BCUT2D eigenvalue weighted by molar-refractivity contribution is 5.95. The van der Waals surface area contributed by atoms with Crippen LogP contribution < -0.4 is 4.74 Å². The maximum atomic E-state index is 12.9. The Bertz CT molecular complexity index is 728. The van der Waals surface area contributed by atoms with Crippen molar-refractivity contribution in [2.75, 3.05) is 27.7 Å². The molecule has 0 radical (unpaired) electrons. The molecule has 132 valence electrons. The molecular weight excluding hydrogens is 314 g/mol. The number of hydrogen-bond donors (Lipinski definition) is 0. The summed E-state index contributed by atoms with van der Waals surface area (Å²) >= 11 is 0. The number of amides is 1. The van der Waals surface area contributed by atoms with Gasteiger partial charge in [0, 0.05) is 24.8 Å². The maximum absolute atomic E-state index is 12.9. The molecule has 1 aromatic heterocycles. The lowest BCUT2D eigenvalue weighted by atomic mass is 10.1. The molecule has 1 aliphatic rings. The number of nitrogens with zero attached hydrogens (tertiary/aromatic N) is 3. The number of benzene rings is 1. The largest absolute Gasteiger partial charge is 0.497 e. The van der Waals surface area contributed by atoms with Crippen LogP contribution in [0.5, 0.6) is 5.75 Å². The second-order valence-electron chi connectivity index (χ2n) is 6.72. The van der Waals surface area contributed by atoms with Crippen LogP contribution in [0.2, 0.25) is 0 Å². The Hall–Kier alpha value is -2.40. The highest BCUT2D eigenvalue weighted by Crippen LogP contribution is 2.32. The Labute approximate surface area is 149 Å². The van der Waals surface area contributed by atoms with Crippen LogP contribution in [0.4, 0.5) is 0 Å². The number of pyridine rings is 1. The summed E-state index contributed by atoms with van der Waals surface area (Å²) in [7, 11) is 5.69. The zero-order chi connectivity index (χ0) is 17.8. The van der Waals surface area contributed by atoms with E-state index in [0.717, 1.165) is 31.6 Å². The number of likely N-dealkylation sites (tertiary alicyclic amines) is 1. The molecule has 0 saturated carbocycles. The maximum Gasteiger partial charge on any atom is 0.254 e. The Kier molecular flexibility index (Phi) is 5.34. The lowest BCUT2D eigenvalue weighted by Gasteiger charge is -2.25. The molecule has 2 heterocycles. The van der Waals surface area contributed by atoms with Gasteiger partial charge < -0.3 is 14.5 Å². The minimum atomic E-state index is 0.0422. The minimum Gasteiger partial charge on any atom is -0.497 e. The predicted molar refractivity (Wildman–Crippen MR) is 97.6 cm³/mol. The van der Waals surface area contributed by atoms with Gasteiger partial charge in [-0.3, -0.25) is 9.78 Å². The van der Waals surface area contributed by atoms with Crippen LogP contribution in [-0.2, 0) is 6.54 Å². The molecule has 0 aliphatic carbocycles. The average Bonchev–Trinajstić information content (AvgIpc) is 3.11. The Morgan fingerprint density at radius 1 is 1.32 bits per heavy atom. The van der Waals surface area contributed by atoms with Crippen molar-refractivity contribution >= 4 is 5.91 Å². The van der Waals surface area contributed by atoms with Crippen molar-refractivity contribution in [3.8, 4) is 5.75 Å². The quantitative estimate of drug-likeness (QED) is 0.840. The summed E-state index contributed by atoms with van der Waals surface area (Å²) in [4.78, 5) is 21.6. The molecule has 0 spiro atoms. The monoisotopic (exact) mass is 339 g/mol. The molecule has 0 bridgehead atoms. The van der Waals surface area contributed by atoms with Gasteiger partial charge in [0.25, 0.3) is 5.91 Å². The second-order valence-corrected chi connectivity index (χ2v) is 6.72. The molecule has 1 aromatic carbocycles. The van der Waals surface area contributed by atoms with Gasteiger partial charge in [-0.15, -0.1) is 0 Å². The van der Waals surface area contributed by atoms with Crippen LogP contribution in [-0.4, -0.2) is 48.4 Å². The van der Waals surface area contributed by atoms with E-state index in [-0.39, 0.29) is 11.9 Å². The second kappa shape index (κ2) is 7.66. The summed E-state index contributed by atoms with van der Waals surface area (Å²) < 4.78 is 5.24. The summed E-state index contributed by atoms with van der Waals surface area (Å²) in [5.41, 5.74) is 2.81. The van der Waals surface area contributed by atoms with Crippen LogP contribution in [0.3, 0.4) is 0 Å². The molecule has 1 atom stereocenters. The van der Waals surface area contributed by atoms with E-state index in [1.54, 1.807) is 13.2 Å². The van der Waals surface area contributed by atoms with Crippen molar-refractivity contribution < 1.29 is 9.53 Å². The Balaban J connectivity index is 1.78. The molecule has 2 aromatic rings. The predicted octanol–water partition coefficient (Wildman–Crippen LogP) is 3.13. The van der Waals surface area contributed by atoms with Crippen molar-refractivity contribution in [2.45, 2.75) is 25.4 Å². The lowest BCUT2D eigenvalue weighted by Crippen LogP contribution is -2.31. The first kappa shape index (κ1) is 17.4. The van der Waals surface area contributed by atoms with Gasteiger partial charge in [-0.05, 0) is 56.8 Å². The van der Waals surface area contributed by atoms with Gasteiger partial charge in [0.2, 0.25) is 0 Å². The van der Waals surface area contributed by atoms with Gasteiger partial charge in [-0.1, -0.05) is 12.1 Å². The van der Waals surface area contributed by atoms with Gasteiger partial charge in [-0.2, -0.15) is 0 Å². The van der Waals surface area contributed by atoms with Gasteiger partial charge in [0.05, 0.1) is 18.8 Å².